The molecule has 0 amide bonds. The standard InChI is InChI=1S/C33H22ClFN4O4S/c1-17-12-22(31-30(37-17)24(16-44-31)33(41)42)21-13-20(34)8-9-27(21)43-11-10-39-18(2)38-26-14-25(35)28(19-6-4-3-5-7-19)23(15-36)29(26)32(39)40/h3-9,12-14,16H,10-11H2,1-2H3,(H,41,42). The van der Waals surface area contributed by atoms with Crippen LogP contribution >= 0.6 is 22.9 Å². The van der Waals surface area contributed by atoms with Crippen molar-refractivity contribution >= 4 is 50.0 Å². The second kappa shape index (κ2) is 11.5. The molecule has 0 unspecified atom stereocenters. The van der Waals surface area contributed by atoms with Crippen molar-refractivity contribution in [1.82, 2.24) is 14.5 Å². The highest BCUT2D eigenvalue weighted by Crippen LogP contribution is 2.40. The van der Waals surface area contributed by atoms with Crippen LogP contribution in [0.15, 0.2) is 70.8 Å². The molecule has 8 nitrogen and oxygen atoms in total. The van der Waals surface area contributed by atoms with Gasteiger partial charge in [0, 0.05) is 38.9 Å². The number of pyridine rings is 1. The molecule has 0 spiro atoms. The third kappa shape index (κ3) is 5.06. The molecule has 3 aromatic heterocycles. The van der Waals surface area contributed by atoms with Crippen molar-refractivity contribution in [3.8, 4) is 34.1 Å². The Kier molecular flexibility index (Phi) is 7.59. The number of aryl methyl sites for hydroxylation is 2. The van der Waals surface area contributed by atoms with Gasteiger partial charge in [0.2, 0.25) is 0 Å². The monoisotopic (exact) mass is 624 g/mol. The van der Waals surface area contributed by atoms with E-state index in [0.717, 1.165) is 5.56 Å². The van der Waals surface area contributed by atoms with E-state index < -0.39 is 17.3 Å². The van der Waals surface area contributed by atoms with Crippen LogP contribution in [0.2, 0.25) is 5.02 Å². The van der Waals surface area contributed by atoms with Crippen LogP contribution in [-0.4, -0.2) is 32.2 Å². The number of fused-ring (bicyclic) bond motifs is 2. The summed E-state index contributed by atoms with van der Waals surface area (Å²) in [5, 5.41) is 21.7. The summed E-state index contributed by atoms with van der Waals surface area (Å²) in [6.07, 6.45) is 0. The van der Waals surface area contributed by atoms with Gasteiger partial charge in [-0.05, 0) is 43.7 Å². The van der Waals surface area contributed by atoms with Gasteiger partial charge in [-0.2, -0.15) is 5.26 Å². The minimum atomic E-state index is -1.06. The summed E-state index contributed by atoms with van der Waals surface area (Å²) < 4.78 is 23.5. The zero-order chi connectivity index (χ0) is 31.1. The second-order valence-corrected chi connectivity index (χ2v) is 11.3. The fourth-order valence-corrected chi connectivity index (χ4v) is 6.48. The Hall–Kier alpha value is -5.11. The lowest BCUT2D eigenvalue weighted by Gasteiger charge is -2.16. The number of aromatic nitrogens is 3. The number of carboxylic acid groups (broad SMARTS) is 1. The fraction of sp³-hybridized carbons (Fsp3) is 0.121. The third-order valence-corrected chi connectivity index (χ3v) is 8.49. The van der Waals surface area contributed by atoms with E-state index in [0.29, 0.717) is 43.6 Å². The number of thiophene rings is 1. The van der Waals surface area contributed by atoms with Gasteiger partial charge in [0.1, 0.15) is 30.1 Å². The Labute approximate surface area is 259 Å². The number of ether oxygens (including phenoxy) is 1. The first-order chi connectivity index (χ1) is 21.2. The van der Waals surface area contributed by atoms with Crippen LogP contribution in [0, 0.1) is 31.0 Å². The number of hydrogen-bond acceptors (Lipinski definition) is 7. The lowest BCUT2D eigenvalue weighted by atomic mass is 9.96. The van der Waals surface area contributed by atoms with Gasteiger partial charge in [-0.25, -0.2) is 14.2 Å². The van der Waals surface area contributed by atoms with Crippen LogP contribution in [0.4, 0.5) is 4.39 Å². The average molecular weight is 625 g/mol. The summed E-state index contributed by atoms with van der Waals surface area (Å²) >= 11 is 7.64. The van der Waals surface area contributed by atoms with Gasteiger partial charge in [0.25, 0.3) is 5.56 Å². The molecule has 0 bridgehead atoms. The number of rotatable bonds is 7. The summed E-state index contributed by atoms with van der Waals surface area (Å²) in [7, 11) is 0. The number of carboxylic acids is 1. The summed E-state index contributed by atoms with van der Waals surface area (Å²) in [5.74, 6) is -0.892. The van der Waals surface area contributed by atoms with Crippen molar-refractivity contribution in [2.45, 2.75) is 20.4 Å². The average Bonchev–Trinajstić information content (AvgIpc) is 3.43. The molecule has 0 aliphatic rings. The predicted octanol–water partition coefficient (Wildman–Crippen LogP) is 7.40. The van der Waals surface area contributed by atoms with Gasteiger partial charge in [-0.15, -0.1) is 11.3 Å². The molecule has 6 rings (SSSR count). The Morgan fingerprint density at radius 2 is 1.89 bits per heavy atom. The minimum Gasteiger partial charge on any atom is -0.491 e. The van der Waals surface area contributed by atoms with Crippen molar-refractivity contribution in [3.05, 3.63) is 110 Å². The number of halogens is 2. The Bertz CT molecular complexity index is 2220. The first kappa shape index (κ1) is 29.0. The van der Waals surface area contributed by atoms with Crippen molar-refractivity contribution < 1.29 is 19.0 Å². The van der Waals surface area contributed by atoms with E-state index in [2.05, 4.69) is 9.97 Å². The van der Waals surface area contributed by atoms with Crippen LogP contribution in [0.1, 0.15) is 27.4 Å². The lowest BCUT2D eigenvalue weighted by molar-refractivity contribution is 0.0699. The molecule has 0 saturated heterocycles. The zero-order valence-electron chi connectivity index (χ0n) is 23.4. The molecule has 11 heteroatoms. The Morgan fingerprint density at radius 3 is 2.61 bits per heavy atom. The topological polar surface area (TPSA) is 118 Å². The molecule has 0 aliphatic carbocycles. The lowest BCUT2D eigenvalue weighted by Crippen LogP contribution is -2.27. The fourth-order valence-electron chi connectivity index (χ4n) is 5.29. The van der Waals surface area contributed by atoms with Gasteiger partial charge in [-0.3, -0.25) is 14.3 Å². The van der Waals surface area contributed by atoms with Crippen molar-refractivity contribution in [3.63, 3.8) is 0 Å². The summed E-state index contributed by atoms with van der Waals surface area (Å²) in [4.78, 5) is 34.4. The smallest absolute Gasteiger partial charge is 0.338 e. The number of hydrogen-bond donors (Lipinski definition) is 1. The molecular formula is C33H22ClFN4O4S. The normalized spacial score (nSPS) is 11.2. The Balaban J connectivity index is 1.38. The maximum atomic E-state index is 15.2. The summed E-state index contributed by atoms with van der Waals surface area (Å²) in [6, 6.07) is 18.8. The third-order valence-electron chi connectivity index (χ3n) is 7.25. The van der Waals surface area contributed by atoms with Crippen LogP contribution in [0.5, 0.6) is 5.75 Å². The molecule has 218 valence electrons. The summed E-state index contributed by atoms with van der Waals surface area (Å²) in [5.41, 5.74) is 2.57. The largest absolute Gasteiger partial charge is 0.491 e. The SMILES string of the molecule is Cc1cc(-c2cc(Cl)ccc2OCCn2c(C)nc3cc(F)c(-c4ccccc4)c(C#N)c3c2=O)c2scc(C(=O)O)c2n1. The molecule has 0 fully saturated rings. The highest BCUT2D eigenvalue weighted by Gasteiger charge is 2.22. The molecule has 1 N–H and O–H groups in total. The van der Waals surface area contributed by atoms with E-state index in [4.69, 9.17) is 16.3 Å². The predicted molar refractivity (Wildman–Crippen MR) is 168 cm³/mol. The summed E-state index contributed by atoms with van der Waals surface area (Å²) in [6.45, 7) is 3.56. The van der Waals surface area contributed by atoms with Gasteiger partial charge in [0.15, 0.2) is 0 Å². The van der Waals surface area contributed by atoms with Crippen LogP contribution in [0.3, 0.4) is 0 Å². The first-order valence-electron chi connectivity index (χ1n) is 13.4. The molecule has 3 heterocycles. The molecule has 44 heavy (non-hydrogen) atoms. The number of nitriles is 1. The van der Waals surface area contributed by atoms with E-state index in [1.807, 2.05) is 12.1 Å². The number of aromatic carboxylic acids is 1. The maximum absolute atomic E-state index is 15.2. The molecule has 0 saturated carbocycles. The van der Waals surface area contributed by atoms with Crippen LogP contribution in [-0.2, 0) is 6.54 Å². The first-order valence-corrected chi connectivity index (χ1v) is 14.7. The zero-order valence-corrected chi connectivity index (χ0v) is 25.0. The molecular weight excluding hydrogens is 603 g/mol. The molecule has 0 radical (unpaired) electrons. The van der Waals surface area contributed by atoms with Crippen LogP contribution < -0.4 is 10.3 Å². The van der Waals surface area contributed by atoms with Gasteiger partial charge in [-0.1, -0.05) is 41.9 Å². The van der Waals surface area contributed by atoms with E-state index in [-0.39, 0.29) is 40.7 Å². The quantitative estimate of drug-likeness (QED) is 0.197. The molecule has 0 atom stereocenters. The molecule has 0 aliphatic heterocycles. The van der Waals surface area contributed by atoms with Gasteiger partial charge >= 0.3 is 5.97 Å². The van der Waals surface area contributed by atoms with E-state index in [1.165, 1.54) is 22.0 Å². The maximum Gasteiger partial charge on any atom is 0.338 e. The number of benzene rings is 3. The van der Waals surface area contributed by atoms with Crippen molar-refractivity contribution in [2.75, 3.05) is 6.61 Å². The van der Waals surface area contributed by atoms with E-state index >= 15 is 4.39 Å². The van der Waals surface area contributed by atoms with Crippen LogP contribution in [0.25, 0.3) is 43.4 Å². The molecule has 6 aromatic rings. The second-order valence-electron chi connectivity index (χ2n) is 10.0. The number of carbonyl (C=O) groups is 1. The van der Waals surface area contributed by atoms with Gasteiger partial charge in [0.05, 0.1) is 38.8 Å². The Morgan fingerprint density at radius 1 is 1.11 bits per heavy atom. The minimum absolute atomic E-state index is 0.0344. The van der Waals surface area contributed by atoms with Crippen molar-refractivity contribution in [2.24, 2.45) is 0 Å². The molecule has 3 aromatic carbocycles. The van der Waals surface area contributed by atoms with E-state index in [9.17, 15) is 20.0 Å². The van der Waals surface area contributed by atoms with Crippen molar-refractivity contribution in [1.29, 1.82) is 5.26 Å². The highest BCUT2D eigenvalue weighted by molar-refractivity contribution is 7.18. The van der Waals surface area contributed by atoms with E-state index in [1.54, 1.807) is 67.8 Å². The number of nitrogens with zero attached hydrogens (tertiary/aromatic N) is 4. The van der Waals surface area contributed by atoms with Gasteiger partial charge < -0.3 is 9.84 Å². The highest BCUT2D eigenvalue weighted by atomic mass is 35.5.